The number of aliphatic hydroxyl groups is 2. The minimum Gasteiger partial charge on any atom is -0.394 e. The van der Waals surface area contributed by atoms with Crippen LogP contribution < -0.4 is 10.6 Å². The molecule has 46 heavy (non-hydrogen) atoms. The van der Waals surface area contributed by atoms with Crippen molar-refractivity contribution in [3.63, 3.8) is 0 Å². The standard InChI is InChI=1S/C37H52N4O5/c1-22-30-17-28(37(30,3)4)18-31(22)39-36(45)34-33(23(2)43)32(21-42)46-41(34)20-24-9-6-10-25(15-24)26-11-7-12-27(16-26)35(44)38-19-29-13-8-14-40(29)5/h6-7,9-12,15-16,22-23,28-34,42-43H,8,13-14,17-21H2,1-5H3,(H,38,44)(H,39,45)/t22-,23-,28-,29-,30+,31-,32-,33+,34-/m0/s1. The zero-order chi connectivity index (χ0) is 32.7. The van der Waals surface area contributed by atoms with Gasteiger partial charge in [0.1, 0.15) is 12.1 Å². The molecule has 0 aromatic heterocycles. The molecule has 2 aromatic rings. The van der Waals surface area contributed by atoms with E-state index in [9.17, 15) is 19.8 Å². The number of likely N-dealkylation sites (tertiary alicyclic amines) is 1. The van der Waals surface area contributed by atoms with Crippen LogP contribution in [0.25, 0.3) is 11.1 Å². The van der Waals surface area contributed by atoms with E-state index in [0.717, 1.165) is 42.5 Å². The summed E-state index contributed by atoms with van der Waals surface area (Å²) < 4.78 is 0. The number of carbonyl (C=O) groups is 2. The highest BCUT2D eigenvalue weighted by Crippen LogP contribution is 2.61. The molecule has 5 fully saturated rings. The molecule has 250 valence electrons. The number of benzene rings is 2. The van der Waals surface area contributed by atoms with Gasteiger partial charge in [-0.25, -0.2) is 0 Å². The number of hydrogen-bond acceptors (Lipinski definition) is 7. The number of carbonyl (C=O) groups excluding carboxylic acids is 2. The summed E-state index contributed by atoms with van der Waals surface area (Å²) in [5, 5.41) is 29.1. The summed E-state index contributed by atoms with van der Waals surface area (Å²) in [7, 11) is 2.10. The van der Waals surface area contributed by atoms with Crippen LogP contribution in [-0.2, 0) is 16.2 Å². The maximum atomic E-state index is 14.0. The van der Waals surface area contributed by atoms with Crippen molar-refractivity contribution >= 4 is 11.8 Å². The summed E-state index contributed by atoms with van der Waals surface area (Å²) in [6.07, 6.45) is 2.92. The Balaban J connectivity index is 1.17. The van der Waals surface area contributed by atoms with Crippen LogP contribution in [0.2, 0.25) is 0 Å². The fraction of sp³-hybridized carbons (Fsp3) is 0.622. The summed E-state index contributed by atoms with van der Waals surface area (Å²) in [5.41, 5.74) is 3.73. The molecule has 7 rings (SSSR count). The lowest BCUT2D eigenvalue weighted by atomic mass is 9.45. The molecule has 9 nitrogen and oxygen atoms in total. The van der Waals surface area contributed by atoms with E-state index in [1.54, 1.807) is 12.0 Å². The molecule has 5 aliphatic rings. The number of nitrogens with zero attached hydrogens (tertiary/aromatic N) is 2. The fourth-order valence-corrected chi connectivity index (χ4v) is 8.90. The van der Waals surface area contributed by atoms with Gasteiger partial charge in [-0.2, -0.15) is 5.06 Å². The first kappa shape index (κ1) is 33.1. The highest BCUT2D eigenvalue weighted by atomic mass is 16.7. The van der Waals surface area contributed by atoms with Crippen LogP contribution in [0.4, 0.5) is 0 Å². The number of nitrogens with one attached hydrogen (secondary N) is 2. The summed E-state index contributed by atoms with van der Waals surface area (Å²) in [6.45, 7) is 10.3. The molecule has 0 unspecified atom stereocenters. The van der Waals surface area contributed by atoms with E-state index < -0.39 is 24.2 Å². The summed E-state index contributed by atoms with van der Waals surface area (Å²) >= 11 is 0. The van der Waals surface area contributed by atoms with Crippen molar-refractivity contribution in [1.29, 1.82) is 0 Å². The first-order valence-corrected chi connectivity index (χ1v) is 17.2. The van der Waals surface area contributed by atoms with Crippen molar-refractivity contribution in [1.82, 2.24) is 20.6 Å². The normalized spacial score (nSPS) is 32.9. The second-order valence-electron chi connectivity index (χ2n) is 15.0. The van der Waals surface area contributed by atoms with E-state index in [-0.39, 0.29) is 24.5 Å². The van der Waals surface area contributed by atoms with Crippen molar-refractivity contribution < 1.29 is 24.6 Å². The third-order valence-corrected chi connectivity index (χ3v) is 12.0. The SMILES string of the molecule is C[C@@H]1[C@@H](NC(=O)[C@@H]2[C@H]([C@H](C)O)[C@H](CO)ON2Cc2cccc(-c3cccc(C(=O)NC[C@@H]4CCCN4C)c3)c2)C[C@@H]2C[C@H]1C2(C)C. The zero-order valence-corrected chi connectivity index (χ0v) is 28.0. The van der Waals surface area contributed by atoms with E-state index in [1.165, 1.54) is 6.42 Å². The lowest BCUT2D eigenvalue weighted by molar-refractivity contribution is -0.183. The molecular weight excluding hydrogens is 580 g/mol. The molecule has 2 bridgehead atoms. The lowest BCUT2D eigenvalue weighted by Crippen LogP contribution is -2.62. The number of hydrogen-bond donors (Lipinski definition) is 4. The van der Waals surface area contributed by atoms with Gasteiger partial charge < -0.3 is 25.7 Å². The minimum absolute atomic E-state index is 0.0787. The first-order valence-electron chi connectivity index (χ1n) is 17.2. The molecule has 9 atom stereocenters. The highest BCUT2D eigenvalue weighted by molar-refractivity contribution is 5.95. The summed E-state index contributed by atoms with van der Waals surface area (Å²) in [5.74, 6) is 0.760. The van der Waals surface area contributed by atoms with Gasteiger partial charge in [0, 0.05) is 30.1 Å². The molecule has 2 saturated heterocycles. The van der Waals surface area contributed by atoms with Crippen LogP contribution in [0.15, 0.2) is 48.5 Å². The minimum atomic E-state index is -0.844. The molecule has 2 aromatic carbocycles. The van der Waals surface area contributed by atoms with Gasteiger partial charge in [0.15, 0.2) is 0 Å². The van der Waals surface area contributed by atoms with Crippen molar-refractivity contribution in [3.8, 4) is 11.1 Å². The van der Waals surface area contributed by atoms with E-state index in [2.05, 4.69) is 43.4 Å². The molecule has 9 heteroatoms. The Bertz CT molecular complexity index is 1410. The number of fused-ring (bicyclic) bond motifs is 2. The van der Waals surface area contributed by atoms with E-state index in [4.69, 9.17) is 4.84 Å². The van der Waals surface area contributed by atoms with Crippen LogP contribution in [-0.4, -0.2) is 89.1 Å². The maximum Gasteiger partial charge on any atom is 0.251 e. The van der Waals surface area contributed by atoms with Gasteiger partial charge in [0.2, 0.25) is 5.91 Å². The Kier molecular flexibility index (Phi) is 9.61. The molecule has 2 heterocycles. The third-order valence-electron chi connectivity index (χ3n) is 12.0. The van der Waals surface area contributed by atoms with Gasteiger partial charge in [0.25, 0.3) is 5.91 Å². The molecule has 2 aliphatic heterocycles. The van der Waals surface area contributed by atoms with Gasteiger partial charge >= 0.3 is 0 Å². The molecule has 3 saturated carbocycles. The number of likely N-dealkylation sites (N-methyl/N-ethyl adjacent to an activating group) is 1. The fourth-order valence-electron chi connectivity index (χ4n) is 8.90. The van der Waals surface area contributed by atoms with Crippen LogP contribution >= 0.6 is 0 Å². The molecule has 4 N–H and O–H groups in total. The summed E-state index contributed by atoms with van der Waals surface area (Å²) in [6, 6.07) is 15.4. The van der Waals surface area contributed by atoms with Crippen molar-refractivity contribution in [2.45, 2.75) is 90.3 Å². The maximum absolute atomic E-state index is 14.0. The van der Waals surface area contributed by atoms with Crippen molar-refractivity contribution in [2.75, 3.05) is 26.7 Å². The van der Waals surface area contributed by atoms with Gasteiger partial charge in [-0.15, -0.1) is 0 Å². The Morgan fingerprint density at radius 1 is 1.11 bits per heavy atom. The Morgan fingerprint density at radius 3 is 2.50 bits per heavy atom. The average Bonchev–Trinajstić information content (AvgIpc) is 3.63. The predicted octanol–water partition coefficient (Wildman–Crippen LogP) is 3.84. The van der Waals surface area contributed by atoms with E-state index >= 15 is 0 Å². The van der Waals surface area contributed by atoms with Gasteiger partial charge in [0.05, 0.1) is 19.3 Å². The largest absolute Gasteiger partial charge is 0.394 e. The van der Waals surface area contributed by atoms with Gasteiger partial charge in [-0.1, -0.05) is 51.1 Å². The van der Waals surface area contributed by atoms with Crippen molar-refractivity contribution in [2.24, 2.45) is 29.1 Å². The molecule has 0 spiro atoms. The number of rotatable bonds is 10. The second kappa shape index (κ2) is 13.4. The topological polar surface area (TPSA) is 114 Å². The van der Waals surface area contributed by atoms with E-state index in [0.29, 0.717) is 47.9 Å². The van der Waals surface area contributed by atoms with Crippen LogP contribution in [0.5, 0.6) is 0 Å². The Labute approximate surface area is 273 Å². The van der Waals surface area contributed by atoms with Crippen LogP contribution in [0.3, 0.4) is 0 Å². The quantitative estimate of drug-likeness (QED) is 0.315. The molecular formula is C37H52N4O5. The molecule has 3 aliphatic carbocycles. The van der Waals surface area contributed by atoms with Gasteiger partial charge in [-0.05, 0) is 104 Å². The number of amides is 2. The first-order chi connectivity index (χ1) is 22.0. The molecule has 0 radical (unpaired) electrons. The lowest BCUT2D eigenvalue weighted by Gasteiger charge is -2.62. The monoisotopic (exact) mass is 632 g/mol. The van der Waals surface area contributed by atoms with Gasteiger partial charge in [-0.3, -0.25) is 14.4 Å². The highest BCUT2D eigenvalue weighted by Gasteiger charge is 2.57. The number of hydroxylamine groups is 2. The smallest absolute Gasteiger partial charge is 0.251 e. The third kappa shape index (κ3) is 6.37. The molecule has 2 amide bonds. The number of aliphatic hydroxyl groups excluding tert-OH is 2. The summed E-state index contributed by atoms with van der Waals surface area (Å²) in [4.78, 5) is 35.5. The zero-order valence-electron chi connectivity index (χ0n) is 28.0. The van der Waals surface area contributed by atoms with E-state index in [1.807, 2.05) is 48.5 Å². The predicted molar refractivity (Wildman–Crippen MR) is 177 cm³/mol. The van der Waals surface area contributed by atoms with Crippen LogP contribution in [0.1, 0.15) is 69.3 Å². The van der Waals surface area contributed by atoms with Crippen molar-refractivity contribution in [3.05, 3.63) is 59.7 Å². The Morgan fingerprint density at radius 2 is 1.85 bits per heavy atom. The Hall–Kier alpha value is -2.82. The van der Waals surface area contributed by atoms with Crippen LogP contribution in [0, 0.1) is 29.1 Å². The second-order valence-corrected chi connectivity index (χ2v) is 15.0. The average molecular weight is 633 g/mol.